The van der Waals surface area contributed by atoms with Crippen molar-refractivity contribution in [3.63, 3.8) is 0 Å². The van der Waals surface area contributed by atoms with Crippen LogP contribution in [0.1, 0.15) is 17.4 Å². The third kappa shape index (κ3) is 5.19. The molecule has 2 N–H and O–H groups in total. The Balaban J connectivity index is 1.64. The average Bonchev–Trinajstić information content (AvgIpc) is 2.82. The minimum atomic E-state index is -4.52. The van der Waals surface area contributed by atoms with Crippen LogP contribution in [0.2, 0.25) is 5.15 Å². The molecule has 1 saturated heterocycles. The van der Waals surface area contributed by atoms with Gasteiger partial charge in [-0.1, -0.05) is 23.7 Å². The van der Waals surface area contributed by atoms with Crippen molar-refractivity contribution in [1.82, 2.24) is 9.55 Å². The molecule has 3 aromatic rings. The minimum absolute atomic E-state index is 0.0445. The molecule has 3 heterocycles. The zero-order chi connectivity index (χ0) is 24.5. The third-order valence-electron chi connectivity index (χ3n) is 5.50. The first-order valence-electron chi connectivity index (χ1n) is 10.4. The van der Waals surface area contributed by atoms with Gasteiger partial charge in [0.05, 0.1) is 30.7 Å². The highest BCUT2D eigenvalue weighted by Gasteiger charge is 2.31. The van der Waals surface area contributed by atoms with E-state index in [1.165, 1.54) is 22.9 Å². The molecule has 1 aromatic carbocycles. The van der Waals surface area contributed by atoms with Crippen LogP contribution in [-0.4, -0.2) is 41.0 Å². The Labute approximate surface area is 198 Å². The van der Waals surface area contributed by atoms with E-state index < -0.39 is 18.0 Å². The predicted molar refractivity (Wildman–Crippen MR) is 123 cm³/mol. The maximum Gasteiger partial charge on any atom is 0.416 e. The normalized spacial score (nSPS) is 15.3. The predicted octanol–water partition coefficient (Wildman–Crippen LogP) is 4.06. The second-order valence-electron chi connectivity index (χ2n) is 7.86. The number of aromatic nitrogens is 2. The van der Waals surface area contributed by atoms with Crippen LogP contribution >= 0.6 is 11.6 Å². The van der Waals surface area contributed by atoms with E-state index in [0.717, 1.165) is 12.1 Å². The number of morpholine rings is 1. The molecule has 1 aliphatic rings. The fourth-order valence-corrected chi connectivity index (χ4v) is 3.94. The minimum Gasteiger partial charge on any atom is -0.378 e. The van der Waals surface area contributed by atoms with Gasteiger partial charge in [-0.3, -0.25) is 4.79 Å². The van der Waals surface area contributed by atoms with Gasteiger partial charge in [-0.05, 0) is 24.3 Å². The molecule has 180 valence electrons. The molecule has 4 rings (SSSR count). The van der Waals surface area contributed by atoms with Crippen LogP contribution in [-0.2, 0) is 18.0 Å². The van der Waals surface area contributed by atoms with E-state index in [0.29, 0.717) is 48.8 Å². The molecule has 1 unspecified atom stereocenters. The Morgan fingerprint density at radius 2 is 1.94 bits per heavy atom. The van der Waals surface area contributed by atoms with Gasteiger partial charge in [-0.25, -0.2) is 4.98 Å². The van der Waals surface area contributed by atoms with Crippen molar-refractivity contribution in [2.45, 2.75) is 12.4 Å². The maximum absolute atomic E-state index is 13.0. The molecule has 1 aliphatic heterocycles. The number of halogens is 4. The number of nitrogens with one attached hydrogen (secondary N) is 1. The summed E-state index contributed by atoms with van der Waals surface area (Å²) in [5.74, 6) is 0. The van der Waals surface area contributed by atoms with Gasteiger partial charge in [0, 0.05) is 43.0 Å². The smallest absolute Gasteiger partial charge is 0.378 e. The molecule has 1 atom stereocenters. The SMILES string of the molecule is Cn1cc(-c2cc(NC(O)c3cccc(C(F)(F)F)c3)cnc2Cl)cc(N2CCOCC2)c1=O. The highest BCUT2D eigenvalue weighted by Crippen LogP contribution is 2.33. The largest absolute Gasteiger partial charge is 0.416 e. The van der Waals surface area contributed by atoms with E-state index in [4.69, 9.17) is 16.3 Å². The zero-order valence-corrected chi connectivity index (χ0v) is 18.9. The summed E-state index contributed by atoms with van der Waals surface area (Å²) in [6, 6.07) is 7.77. The third-order valence-corrected chi connectivity index (χ3v) is 5.80. The number of aliphatic hydroxyl groups excluding tert-OH is 1. The average molecular weight is 495 g/mol. The molecular formula is C23H22ClF3N4O3. The van der Waals surface area contributed by atoms with Gasteiger partial charge in [0.1, 0.15) is 10.8 Å². The number of hydrogen-bond donors (Lipinski definition) is 2. The van der Waals surface area contributed by atoms with Gasteiger partial charge in [0.2, 0.25) is 0 Å². The molecule has 1 fully saturated rings. The lowest BCUT2D eigenvalue weighted by Crippen LogP contribution is -2.40. The second-order valence-corrected chi connectivity index (χ2v) is 8.22. The van der Waals surface area contributed by atoms with Crippen LogP contribution < -0.4 is 15.8 Å². The fraction of sp³-hybridized carbons (Fsp3) is 0.304. The first-order valence-corrected chi connectivity index (χ1v) is 10.8. The molecule has 0 radical (unpaired) electrons. The van der Waals surface area contributed by atoms with Gasteiger partial charge in [-0.15, -0.1) is 0 Å². The number of alkyl halides is 3. The topological polar surface area (TPSA) is 79.6 Å². The van der Waals surface area contributed by atoms with E-state index in [9.17, 15) is 23.1 Å². The van der Waals surface area contributed by atoms with Crippen molar-refractivity contribution in [2.75, 3.05) is 36.5 Å². The highest BCUT2D eigenvalue weighted by molar-refractivity contribution is 6.32. The maximum atomic E-state index is 13.0. The molecule has 11 heteroatoms. The number of rotatable bonds is 5. The lowest BCUT2D eigenvalue weighted by molar-refractivity contribution is -0.137. The second kappa shape index (κ2) is 9.65. The zero-order valence-electron chi connectivity index (χ0n) is 18.1. The summed E-state index contributed by atoms with van der Waals surface area (Å²) >= 11 is 6.34. The van der Waals surface area contributed by atoms with Gasteiger partial charge in [0.15, 0.2) is 6.23 Å². The van der Waals surface area contributed by atoms with E-state index in [1.54, 1.807) is 25.4 Å². The monoisotopic (exact) mass is 494 g/mol. The summed E-state index contributed by atoms with van der Waals surface area (Å²) in [6.45, 7) is 2.19. The van der Waals surface area contributed by atoms with Crippen molar-refractivity contribution in [1.29, 1.82) is 0 Å². The van der Waals surface area contributed by atoms with Crippen molar-refractivity contribution in [2.24, 2.45) is 7.05 Å². The molecular weight excluding hydrogens is 473 g/mol. The van der Waals surface area contributed by atoms with E-state index in [2.05, 4.69) is 10.3 Å². The first-order chi connectivity index (χ1) is 16.1. The van der Waals surface area contributed by atoms with Crippen LogP contribution in [0, 0.1) is 0 Å². The standard InChI is InChI=1S/C23H22ClF3N4O3/c1-30-13-15(10-19(22(30)33)31-5-7-34-8-6-31)18-11-17(12-28-20(18)24)29-21(32)14-3-2-4-16(9-14)23(25,26)27/h2-4,9-13,21,29,32H,5-8H2,1H3. The molecule has 34 heavy (non-hydrogen) atoms. The molecule has 0 saturated carbocycles. The summed E-state index contributed by atoms with van der Waals surface area (Å²) in [4.78, 5) is 18.8. The van der Waals surface area contributed by atoms with Gasteiger partial charge < -0.3 is 24.6 Å². The van der Waals surface area contributed by atoms with Crippen molar-refractivity contribution in [3.05, 3.63) is 75.4 Å². The van der Waals surface area contributed by atoms with Crippen LogP contribution in [0.15, 0.2) is 53.6 Å². The summed E-state index contributed by atoms with van der Waals surface area (Å²) in [7, 11) is 1.64. The number of aliphatic hydroxyl groups is 1. The summed E-state index contributed by atoms with van der Waals surface area (Å²) in [6.07, 6.45) is -2.94. The number of anilines is 2. The lowest BCUT2D eigenvalue weighted by atomic mass is 10.1. The number of pyridine rings is 2. The summed E-state index contributed by atoms with van der Waals surface area (Å²) in [5.41, 5.74) is 0.979. The summed E-state index contributed by atoms with van der Waals surface area (Å²) in [5, 5.41) is 13.4. The van der Waals surface area contributed by atoms with Crippen molar-refractivity contribution < 1.29 is 23.0 Å². The quantitative estimate of drug-likeness (QED) is 0.411. The van der Waals surface area contributed by atoms with Crippen LogP contribution in [0.25, 0.3) is 11.1 Å². The molecule has 0 spiro atoms. The highest BCUT2D eigenvalue weighted by atomic mass is 35.5. The molecule has 0 aliphatic carbocycles. The van der Waals surface area contributed by atoms with E-state index in [1.807, 2.05) is 4.90 Å². The fourth-order valence-electron chi connectivity index (χ4n) is 3.73. The number of ether oxygens (including phenoxy) is 1. The van der Waals surface area contributed by atoms with Crippen molar-refractivity contribution in [3.8, 4) is 11.1 Å². The first kappa shape index (κ1) is 24.1. The number of nitrogens with zero attached hydrogens (tertiary/aromatic N) is 3. The molecule has 7 nitrogen and oxygen atoms in total. The van der Waals surface area contributed by atoms with Crippen LogP contribution in [0.5, 0.6) is 0 Å². The van der Waals surface area contributed by atoms with Gasteiger partial charge in [-0.2, -0.15) is 13.2 Å². The number of benzene rings is 1. The Morgan fingerprint density at radius 1 is 1.21 bits per heavy atom. The molecule has 0 amide bonds. The lowest BCUT2D eigenvalue weighted by Gasteiger charge is -2.28. The molecule has 0 bridgehead atoms. The van der Waals surface area contributed by atoms with Gasteiger partial charge >= 0.3 is 6.18 Å². The van der Waals surface area contributed by atoms with Crippen LogP contribution in [0.3, 0.4) is 0 Å². The van der Waals surface area contributed by atoms with Crippen LogP contribution in [0.4, 0.5) is 24.5 Å². The Morgan fingerprint density at radius 3 is 2.65 bits per heavy atom. The number of hydrogen-bond acceptors (Lipinski definition) is 6. The Bertz CT molecular complexity index is 1240. The van der Waals surface area contributed by atoms with Gasteiger partial charge in [0.25, 0.3) is 5.56 Å². The Kier molecular flexibility index (Phi) is 6.83. The Hall–Kier alpha value is -3.08. The number of aryl methyl sites for hydroxylation is 1. The van der Waals surface area contributed by atoms with E-state index >= 15 is 0 Å². The van der Waals surface area contributed by atoms with E-state index in [-0.39, 0.29) is 16.3 Å². The van der Waals surface area contributed by atoms with Crippen molar-refractivity contribution >= 4 is 23.0 Å². The summed E-state index contributed by atoms with van der Waals surface area (Å²) < 4.78 is 45.8. The molecule has 2 aromatic heterocycles.